The Morgan fingerprint density at radius 3 is 2.72 bits per heavy atom. The molecule has 0 spiro atoms. The van der Waals surface area contributed by atoms with E-state index in [0.717, 1.165) is 12.8 Å². The summed E-state index contributed by atoms with van der Waals surface area (Å²) in [4.78, 5) is 28.0. The van der Waals surface area contributed by atoms with E-state index in [9.17, 15) is 9.59 Å². The van der Waals surface area contributed by atoms with Gasteiger partial charge in [0.15, 0.2) is 5.82 Å². The monoisotopic (exact) mass is 252 g/mol. The summed E-state index contributed by atoms with van der Waals surface area (Å²) >= 11 is 0. The molecule has 6 heteroatoms. The molecule has 0 saturated heterocycles. The van der Waals surface area contributed by atoms with E-state index in [0.29, 0.717) is 18.8 Å². The molecular formula is C12H20N4O2. The molecule has 2 amide bonds. The second-order valence-electron chi connectivity index (χ2n) is 4.35. The van der Waals surface area contributed by atoms with Crippen molar-refractivity contribution in [3.8, 4) is 0 Å². The number of Topliss-reactive ketones (excluding diaryl/α,β-unsaturated/α-hetero) is 1. The molecule has 0 aliphatic heterocycles. The Morgan fingerprint density at radius 1 is 1.44 bits per heavy atom. The van der Waals surface area contributed by atoms with E-state index in [1.807, 2.05) is 7.05 Å². The first-order chi connectivity index (χ1) is 8.50. The zero-order chi connectivity index (χ0) is 13.5. The zero-order valence-corrected chi connectivity index (χ0v) is 11.1. The third-order valence-corrected chi connectivity index (χ3v) is 2.57. The summed E-state index contributed by atoms with van der Waals surface area (Å²) in [6, 6.07) is -0.184. The average molecular weight is 252 g/mol. The molecule has 1 rings (SSSR count). The number of anilines is 1. The number of carbonyl (C=O) groups is 2. The molecule has 0 aliphatic carbocycles. The van der Waals surface area contributed by atoms with Gasteiger partial charge in [-0.05, 0) is 19.8 Å². The number of nitrogens with zero attached hydrogens (tertiary/aromatic N) is 3. The first-order valence-electron chi connectivity index (χ1n) is 5.99. The Balaban J connectivity index is 2.26. The molecule has 1 heterocycles. The zero-order valence-electron chi connectivity index (χ0n) is 11.1. The van der Waals surface area contributed by atoms with Gasteiger partial charge in [-0.3, -0.25) is 4.90 Å². The molecule has 1 aromatic heterocycles. The quantitative estimate of drug-likeness (QED) is 0.776. The summed E-state index contributed by atoms with van der Waals surface area (Å²) in [5, 5.41) is 2.79. The van der Waals surface area contributed by atoms with Crippen molar-refractivity contribution < 1.29 is 9.59 Å². The number of aryl methyl sites for hydroxylation is 1. The van der Waals surface area contributed by atoms with Crippen molar-refractivity contribution in [3.63, 3.8) is 0 Å². The highest BCUT2D eigenvalue weighted by Crippen LogP contribution is 2.07. The minimum atomic E-state index is -0.184. The number of aromatic nitrogens is 2. The van der Waals surface area contributed by atoms with Gasteiger partial charge in [0.1, 0.15) is 5.78 Å². The molecule has 0 radical (unpaired) electrons. The van der Waals surface area contributed by atoms with Gasteiger partial charge in [-0.1, -0.05) is 0 Å². The average Bonchev–Trinajstić information content (AvgIpc) is 2.73. The molecule has 18 heavy (non-hydrogen) atoms. The fraction of sp³-hybridized carbons (Fsp3) is 0.583. The van der Waals surface area contributed by atoms with Gasteiger partial charge in [0, 0.05) is 33.3 Å². The van der Waals surface area contributed by atoms with Crippen LogP contribution in [0.3, 0.4) is 0 Å². The van der Waals surface area contributed by atoms with Crippen LogP contribution in [0, 0.1) is 0 Å². The number of urea groups is 1. The van der Waals surface area contributed by atoms with Gasteiger partial charge in [0.05, 0.1) is 6.33 Å². The molecule has 0 saturated carbocycles. The molecule has 0 atom stereocenters. The van der Waals surface area contributed by atoms with Crippen LogP contribution in [0.4, 0.5) is 10.6 Å². The maximum atomic E-state index is 11.7. The molecular weight excluding hydrogens is 232 g/mol. The SMILES string of the molecule is CC(=O)CCCCNC(=O)N(C)c1cn(C)cn1. The lowest BCUT2D eigenvalue weighted by Crippen LogP contribution is -2.38. The number of unbranched alkanes of at least 4 members (excludes halogenated alkanes) is 1. The van der Waals surface area contributed by atoms with Crippen LogP contribution in [0.25, 0.3) is 0 Å². The predicted octanol–water partition coefficient (Wildman–Crippen LogP) is 1.33. The summed E-state index contributed by atoms with van der Waals surface area (Å²) in [7, 11) is 3.53. The number of rotatable bonds is 6. The summed E-state index contributed by atoms with van der Waals surface area (Å²) in [5.74, 6) is 0.797. The van der Waals surface area contributed by atoms with Crippen molar-refractivity contribution in [2.75, 3.05) is 18.5 Å². The Morgan fingerprint density at radius 2 is 2.17 bits per heavy atom. The number of amides is 2. The molecule has 0 bridgehead atoms. The van der Waals surface area contributed by atoms with Crippen LogP contribution in [0.15, 0.2) is 12.5 Å². The number of ketones is 1. The van der Waals surface area contributed by atoms with Crippen LogP contribution in [-0.4, -0.2) is 35.0 Å². The van der Waals surface area contributed by atoms with E-state index >= 15 is 0 Å². The Kier molecular flexibility index (Phi) is 5.35. The maximum absolute atomic E-state index is 11.7. The summed E-state index contributed by atoms with van der Waals surface area (Å²) < 4.78 is 1.78. The van der Waals surface area contributed by atoms with E-state index in [1.165, 1.54) is 4.90 Å². The van der Waals surface area contributed by atoms with Gasteiger partial charge in [-0.15, -0.1) is 0 Å². The van der Waals surface area contributed by atoms with Crippen molar-refractivity contribution in [2.45, 2.75) is 26.2 Å². The lowest BCUT2D eigenvalue weighted by Gasteiger charge is -2.15. The molecule has 0 aromatic carbocycles. The Labute approximate surface area is 107 Å². The normalized spacial score (nSPS) is 10.2. The number of hydrogen-bond donors (Lipinski definition) is 1. The third kappa shape index (κ3) is 4.57. The van der Waals surface area contributed by atoms with Gasteiger partial charge < -0.3 is 14.7 Å². The highest BCUT2D eigenvalue weighted by atomic mass is 16.2. The topological polar surface area (TPSA) is 67.2 Å². The fourth-order valence-corrected chi connectivity index (χ4v) is 1.49. The van der Waals surface area contributed by atoms with Crippen LogP contribution >= 0.6 is 0 Å². The first-order valence-corrected chi connectivity index (χ1v) is 5.99. The van der Waals surface area contributed by atoms with Crippen molar-refractivity contribution in [3.05, 3.63) is 12.5 Å². The second-order valence-corrected chi connectivity index (χ2v) is 4.35. The van der Waals surface area contributed by atoms with Gasteiger partial charge in [-0.25, -0.2) is 9.78 Å². The molecule has 1 N–H and O–H groups in total. The van der Waals surface area contributed by atoms with Gasteiger partial charge in [-0.2, -0.15) is 0 Å². The molecule has 0 aliphatic rings. The van der Waals surface area contributed by atoms with E-state index in [2.05, 4.69) is 10.3 Å². The van der Waals surface area contributed by atoms with E-state index in [-0.39, 0.29) is 11.8 Å². The highest BCUT2D eigenvalue weighted by Gasteiger charge is 2.11. The van der Waals surface area contributed by atoms with Gasteiger partial charge in [0.2, 0.25) is 0 Å². The largest absolute Gasteiger partial charge is 0.338 e. The van der Waals surface area contributed by atoms with Crippen LogP contribution in [0.1, 0.15) is 26.2 Å². The van der Waals surface area contributed by atoms with Crippen molar-refractivity contribution >= 4 is 17.6 Å². The molecule has 1 aromatic rings. The smallest absolute Gasteiger partial charge is 0.322 e. The van der Waals surface area contributed by atoms with E-state index < -0.39 is 0 Å². The van der Waals surface area contributed by atoms with Crippen molar-refractivity contribution in [1.82, 2.24) is 14.9 Å². The minimum Gasteiger partial charge on any atom is -0.338 e. The second kappa shape index (κ2) is 6.78. The van der Waals surface area contributed by atoms with Gasteiger partial charge >= 0.3 is 6.03 Å². The lowest BCUT2D eigenvalue weighted by atomic mass is 10.2. The van der Waals surface area contributed by atoms with Crippen LogP contribution in [0.2, 0.25) is 0 Å². The molecule has 100 valence electrons. The number of imidazole rings is 1. The van der Waals surface area contributed by atoms with Crippen molar-refractivity contribution in [2.24, 2.45) is 7.05 Å². The fourth-order valence-electron chi connectivity index (χ4n) is 1.49. The van der Waals surface area contributed by atoms with E-state index in [1.54, 1.807) is 31.1 Å². The van der Waals surface area contributed by atoms with Crippen LogP contribution in [-0.2, 0) is 11.8 Å². The van der Waals surface area contributed by atoms with Crippen molar-refractivity contribution in [1.29, 1.82) is 0 Å². The standard InChI is InChI=1S/C12H20N4O2/c1-10(17)6-4-5-7-13-12(18)16(3)11-8-15(2)9-14-11/h8-9H,4-7H2,1-3H3,(H,13,18). The van der Waals surface area contributed by atoms with E-state index in [4.69, 9.17) is 0 Å². The number of nitrogens with one attached hydrogen (secondary N) is 1. The first kappa shape index (κ1) is 14.2. The summed E-state index contributed by atoms with van der Waals surface area (Å²) in [6.07, 6.45) is 5.61. The third-order valence-electron chi connectivity index (χ3n) is 2.57. The molecule has 0 unspecified atom stereocenters. The molecule has 6 nitrogen and oxygen atoms in total. The lowest BCUT2D eigenvalue weighted by molar-refractivity contribution is -0.117. The maximum Gasteiger partial charge on any atom is 0.322 e. The van der Waals surface area contributed by atoms with Crippen LogP contribution < -0.4 is 10.2 Å². The van der Waals surface area contributed by atoms with Crippen LogP contribution in [0.5, 0.6) is 0 Å². The Bertz CT molecular complexity index is 414. The predicted molar refractivity (Wildman–Crippen MR) is 69.5 cm³/mol. The highest BCUT2D eigenvalue weighted by molar-refractivity contribution is 5.90. The minimum absolute atomic E-state index is 0.184. The molecule has 0 fully saturated rings. The van der Waals surface area contributed by atoms with Gasteiger partial charge in [0.25, 0.3) is 0 Å². The number of carbonyl (C=O) groups excluding carboxylic acids is 2. The Hall–Kier alpha value is -1.85. The summed E-state index contributed by atoms with van der Waals surface area (Å²) in [6.45, 7) is 2.15. The number of hydrogen-bond acceptors (Lipinski definition) is 3. The summed E-state index contributed by atoms with van der Waals surface area (Å²) in [5.41, 5.74) is 0.